The molecule has 0 fully saturated rings. The molecule has 2 aromatic carbocycles. The molecule has 3 N–H and O–H groups in total. The fourth-order valence-corrected chi connectivity index (χ4v) is 2.96. The molecule has 0 bridgehead atoms. The van der Waals surface area contributed by atoms with E-state index < -0.39 is 11.7 Å². The number of ketones is 1. The Hall–Kier alpha value is -3.35. The van der Waals surface area contributed by atoms with Gasteiger partial charge in [-0.1, -0.05) is 13.0 Å². The lowest BCUT2D eigenvalue weighted by Crippen LogP contribution is -2.37. The highest BCUT2D eigenvalue weighted by Gasteiger charge is 2.20. The number of carbonyl (C=O) groups is 2. The van der Waals surface area contributed by atoms with Gasteiger partial charge in [0.2, 0.25) is 0 Å². The summed E-state index contributed by atoms with van der Waals surface area (Å²) in [6.07, 6.45) is 1.88. The number of likely N-dealkylation sites (N-methyl/N-ethyl adjacent to an activating group) is 1. The van der Waals surface area contributed by atoms with Crippen molar-refractivity contribution >= 4 is 28.5 Å². The van der Waals surface area contributed by atoms with E-state index in [1.807, 2.05) is 31.3 Å². The van der Waals surface area contributed by atoms with Gasteiger partial charge in [-0.15, -0.1) is 0 Å². The van der Waals surface area contributed by atoms with Crippen LogP contribution in [-0.2, 0) is 9.53 Å². The molecule has 0 unspecified atom stereocenters. The van der Waals surface area contributed by atoms with Gasteiger partial charge in [-0.3, -0.25) is 4.79 Å². The van der Waals surface area contributed by atoms with Crippen LogP contribution < -0.4 is 5.73 Å². The summed E-state index contributed by atoms with van der Waals surface area (Å²) in [6.45, 7) is 9.24. The Kier molecular flexibility index (Phi) is 8.02. The maximum atomic E-state index is 13.1. The van der Waals surface area contributed by atoms with E-state index in [1.165, 1.54) is 17.0 Å². The van der Waals surface area contributed by atoms with Crippen molar-refractivity contribution in [3.8, 4) is 11.1 Å². The molecule has 172 valence electrons. The highest BCUT2D eigenvalue weighted by atomic mass is 19.1. The van der Waals surface area contributed by atoms with Crippen molar-refractivity contribution in [2.75, 3.05) is 19.3 Å². The quantitative estimate of drug-likeness (QED) is 0.509. The number of H-pyrrole nitrogens is 1. The third-order valence-corrected chi connectivity index (χ3v) is 4.74. The van der Waals surface area contributed by atoms with Gasteiger partial charge in [-0.25, -0.2) is 9.18 Å². The molecule has 3 aromatic rings. The zero-order valence-corrected chi connectivity index (χ0v) is 19.6. The van der Waals surface area contributed by atoms with E-state index in [2.05, 4.69) is 4.98 Å². The summed E-state index contributed by atoms with van der Waals surface area (Å²) in [5.74, 6) is -0.206. The fourth-order valence-electron chi connectivity index (χ4n) is 2.96. The minimum Gasteiger partial charge on any atom is -0.444 e. The summed E-state index contributed by atoms with van der Waals surface area (Å²) in [6, 6.07) is 10.7. The first-order chi connectivity index (χ1) is 14.9. The molecular formula is C25H32FN3O3. The molecule has 3 rings (SSSR count). The van der Waals surface area contributed by atoms with Crippen LogP contribution in [0, 0.1) is 12.7 Å². The van der Waals surface area contributed by atoms with Crippen molar-refractivity contribution < 1.29 is 18.7 Å². The van der Waals surface area contributed by atoms with E-state index >= 15 is 0 Å². The van der Waals surface area contributed by atoms with E-state index in [4.69, 9.17) is 10.5 Å². The van der Waals surface area contributed by atoms with Crippen LogP contribution in [0.15, 0.2) is 42.6 Å². The van der Waals surface area contributed by atoms with Crippen molar-refractivity contribution in [1.82, 2.24) is 9.88 Å². The normalized spacial score (nSPS) is 11.0. The molecular weight excluding hydrogens is 409 g/mol. The first-order valence-electron chi connectivity index (χ1n) is 10.5. The minimum absolute atomic E-state index is 0.0263. The number of Topliss-reactive ketones (excluding diaryl/α,β-unsaturated/α-hetero) is 1. The van der Waals surface area contributed by atoms with E-state index in [1.54, 1.807) is 40.8 Å². The van der Waals surface area contributed by atoms with Gasteiger partial charge in [-0.05, 0) is 69.2 Å². The molecule has 0 radical (unpaired) electrons. The number of aromatic nitrogens is 1. The Balaban J connectivity index is 0.000000237. The molecule has 1 aromatic heterocycles. The van der Waals surface area contributed by atoms with Crippen LogP contribution in [0.1, 0.15) is 39.7 Å². The lowest BCUT2D eigenvalue weighted by atomic mass is 10.0. The molecule has 6 nitrogen and oxygen atoms in total. The Bertz CT molecular complexity index is 1100. The number of ether oxygens (including phenoxy) is 1. The standard InChI is InChI=1S/C15H13FN2.C10H19NO3/c1-9-6-10(2-5-14(9)17)13-8-18-15-7-11(16)3-4-12(13)15;1-6-8(12)7-11(5)9(13)14-10(2,3)4/h2-8,18H,17H2,1H3;6-7H2,1-5H3. The second kappa shape index (κ2) is 10.3. The number of anilines is 1. The van der Waals surface area contributed by atoms with Gasteiger partial charge in [0.15, 0.2) is 5.78 Å². The summed E-state index contributed by atoms with van der Waals surface area (Å²) in [4.78, 5) is 26.8. The van der Waals surface area contributed by atoms with E-state index in [0.29, 0.717) is 6.42 Å². The molecule has 0 aliphatic rings. The van der Waals surface area contributed by atoms with E-state index in [-0.39, 0.29) is 18.1 Å². The summed E-state index contributed by atoms with van der Waals surface area (Å²) >= 11 is 0. The lowest BCUT2D eigenvalue weighted by molar-refractivity contribution is -0.119. The van der Waals surface area contributed by atoms with Gasteiger partial charge in [0, 0.05) is 41.8 Å². The highest BCUT2D eigenvalue weighted by molar-refractivity contribution is 5.95. The largest absolute Gasteiger partial charge is 0.444 e. The van der Waals surface area contributed by atoms with Gasteiger partial charge < -0.3 is 20.4 Å². The predicted molar refractivity (Wildman–Crippen MR) is 127 cm³/mol. The van der Waals surface area contributed by atoms with Gasteiger partial charge in [0.25, 0.3) is 0 Å². The van der Waals surface area contributed by atoms with Crippen LogP contribution >= 0.6 is 0 Å². The minimum atomic E-state index is -0.513. The number of fused-ring (bicyclic) bond motifs is 1. The van der Waals surface area contributed by atoms with Gasteiger partial charge >= 0.3 is 6.09 Å². The third kappa shape index (κ3) is 6.83. The number of nitrogens with zero attached hydrogens (tertiary/aromatic N) is 1. The molecule has 0 atom stereocenters. The van der Waals surface area contributed by atoms with Crippen LogP contribution in [0.25, 0.3) is 22.0 Å². The van der Waals surface area contributed by atoms with E-state index in [0.717, 1.165) is 33.3 Å². The average Bonchev–Trinajstić information content (AvgIpc) is 3.12. The van der Waals surface area contributed by atoms with Crippen molar-refractivity contribution in [2.24, 2.45) is 0 Å². The number of carbonyl (C=O) groups excluding carboxylic acids is 2. The first kappa shape index (κ1) is 24.9. The van der Waals surface area contributed by atoms with Crippen LogP contribution in [-0.4, -0.2) is 41.0 Å². The zero-order valence-electron chi connectivity index (χ0n) is 19.6. The highest BCUT2D eigenvalue weighted by Crippen LogP contribution is 2.30. The van der Waals surface area contributed by atoms with Crippen molar-refractivity contribution in [3.63, 3.8) is 0 Å². The molecule has 1 heterocycles. The Labute approximate surface area is 188 Å². The predicted octanol–water partition coefficient (Wildman–Crippen LogP) is 5.70. The van der Waals surface area contributed by atoms with Gasteiger partial charge in [0.1, 0.15) is 11.4 Å². The summed E-state index contributed by atoms with van der Waals surface area (Å²) in [5.41, 5.74) is 10.1. The molecule has 0 saturated carbocycles. The van der Waals surface area contributed by atoms with Crippen molar-refractivity contribution in [1.29, 1.82) is 0 Å². The monoisotopic (exact) mass is 441 g/mol. The Morgan fingerprint density at radius 2 is 1.84 bits per heavy atom. The average molecular weight is 442 g/mol. The SMILES string of the molecule is CCC(=O)CN(C)C(=O)OC(C)(C)C.Cc1cc(-c2c[nH]c3cc(F)ccc23)ccc1N. The number of nitrogens with two attached hydrogens (primary N) is 1. The summed E-state index contributed by atoms with van der Waals surface area (Å²) in [5, 5.41) is 1.01. The number of nitrogen functional groups attached to an aromatic ring is 1. The molecule has 0 saturated heterocycles. The number of hydrogen-bond acceptors (Lipinski definition) is 4. The number of nitrogens with one attached hydrogen (secondary N) is 1. The number of halogens is 1. The zero-order chi connectivity index (χ0) is 24.1. The van der Waals surface area contributed by atoms with Crippen molar-refractivity contribution in [3.05, 3.63) is 54.0 Å². The second-order valence-corrected chi connectivity index (χ2v) is 8.69. The van der Waals surface area contributed by atoms with Gasteiger partial charge in [0.05, 0.1) is 6.54 Å². The number of amides is 1. The third-order valence-electron chi connectivity index (χ3n) is 4.74. The number of benzene rings is 2. The van der Waals surface area contributed by atoms with Crippen LogP contribution in [0.2, 0.25) is 0 Å². The number of aromatic amines is 1. The fraction of sp³-hybridized carbons (Fsp3) is 0.360. The molecule has 1 amide bonds. The molecule has 7 heteroatoms. The summed E-state index contributed by atoms with van der Waals surface area (Å²) in [7, 11) is 1.56. The number of hydrogen-bond donors (Lipinski definition) is 2. The first-order valence-corrected chi connectivity index (χ1v) is 10.5. The maximum Gasteiger partial charge on any atom is 0.410 e. The lowest BCUT2D eigenvalue weighted by Gasteiger charge is -2.24. The second-order valence-electron chi connectivity index (χ2n) is 8.69. The van der Waals surface area contributed by atoms with Crippen LogP contribution in [0.4, 0.5) is 14.9 Å². The van der Waals surface area contributed by atoms with Crippen molar-refractivity contribution in [2.45, 2.75) is 46.6 Å². The van der Waals surface area contributed by atoms with Crippen LogP contribution in [0.3, 0.4) is 0 Å². The smallest absolute Gasteiger partial charge is 0.410 e. The molecule has 0 aliphatic carbocycles. The topological polar surface area (TPSA) is 88.4 Å². The summed E-state index contributed by atoms with van der Waals surface area (Å²) < 4.78 is 18.2. The molecule has 32 heavy (non-hydrogen) atoms. The Morgan fingerprint density at radius 1 is 1.16 bits per heavy atom. The number of rotatable bonds is 4. The Morgan fingerprint density at radius 3 is 2.44 bits per heavy atom. The van der Waals surface area contributed by atoms with Gasteiger partial charge in [-0.2, -0.15) is 0 Å². The number of aryl methyl sites for hydroxylation is 1. The van der Waals surface area contributed by atoms with Crippen LogP contribution in [0.5, 0.6) is 0 Å². The molecule has 0 aliphatic heterocycles. The molecule has 0 spiro atoms. The van der Waals surface area contributed by atoms with E-state index in [9.17, 15) is 14.0 Å². The maximum absolute atomic E-state index is 13.1.